The van der Waals surface area contributed by atoms with Gasteiger partial charge in [0.15, 0.2) is 0 Å². The number of hydrogen-bond acceptors (Lipinski definition) is 3. The molecule has 1 N–H and O–H groups in total. The zero-order valence-electron chi connectivity index (χ0n) is 12.8. The maximum atomic E-state index is 12.2. The third-order valence-electron chi connectivity index (χ3n) is 3.24. The summed E-state index contributed by atoms with van der Waals surface area (Å²) in [5, 5.41) is 8.93. The first-order valence-electron chi connectivity index (χ1n) is 7.20. The van der Waals surface area contributed by atoms with E-state index in [0.717, 1.165) is 11.3 Å². The fourth-order valence-electron chi connectivity index (χ4n) is 1.97. The second-order valence-corrected chi connectivity index (χ2v) is 4.93. The lowest BCUT2D eigenvalue weighted by atomic mass is 10.1. The van der Waals surface area contributed by atoms with Crippen molar-refractivity contribution < 1.29 is 19.4 Å². The molecule has 1 unspecified atom stereocenters. The Bertz CT molecular complexity index is 470. The van der Waals surface area contributed by atoms with Crippen molar-refractivity contribution in [1.82, 2.24) is 4.90 Å². The number of amides is 1. The molecule has 0 bridgehead atoms. The number of aliphatic carboxylic acids is 1. The van der Waals surface area contributed by atoms with Crippen molar-refractivity contribution in [2.45, 2.75) is 27.2 Å². The number of carbonyl (C=O) groups is 2. The predicted octanol–water partition coefficient (Wildman–Crippen LogP) is 2.20. The SMILES string of the molecule is CCOc1ccc(CC(=O)N(CC)CC(C)C(=O)O)cc1. The van der Waals surface area contributed by atoms with Gasteiger partial charge in [0.25, 0.3) is 0 Å². The van der Waals surface area contributed by atoms with Crippen molar-refractivity contribution in [3.63, 3.8) is 0 Å². The molecule has 0 aliphatic heterocycles. The van der Waals surface area contributed by atoms with Crippen LogP contribution in [0.3, 0.4) is 0 Å². The minimum Gasteiger partial charge on any atom is -0.494 e. The maximum Gasteiger partial charge on any atom is 0.308 e. The molecule has 0 aromatic heterocycles. The highest BCUT2D eigenvalue weighted by atomic mass is 16.5. The van der Waals surface area contributed by atoms with E-state index in [4.69, 9.17) is 9.84 Å². The van der Waals surface area contributed by atoms with Crippen LogP contribution in [-0.4, -0.2) is 41.6 Å². The summed E-state index contributed by atoms with van der Waals surface area (Å²) in [6.45, 7) is 6.73. The Kier molecular flexibility index (Phi) is 6.72. The molecule has 1 aromatic carbocycles. The van der Waals surface area contributed by atoms with E-state index in [1.54, 1.807) is 11.8 Å². The first-order valence-corrected chi connectivity index (χ1v) is 7.20. The van der Waals surface area contributed by atoms with E-state index in [1.165, 1.54) is 0 Å². The minimum atomic E-state index is -0.887. The lowest BCUT2D eigenvalue weighted by Gasteiger charge is -2.23. The van der Waals surface area contributed by atoms with Crippen LogP contribution in [0.2, 0.25) is 0 Å². The van der Waals surface area contributed by atoms with Gasteiger partial charge in [0, 0.05) is 13.1 Å². The maximum absolute atomic E-state index is 12.2. The summed E-state index contributed by atoms with van der Waals surface area (Å²) in [6.07, 6.45) is 0.270. The molecule has 0 aliphatic rings. The van der Waals surface area contributed by atoms with Crippen molar-refractivity contribution >= 4 is 11.9 Å². The van der Waals surface area contributed by atoms with Crippen LogP contribution < -0.4 is 4.74 Å². The monoisotopic (exact) mass is 293 g/mol. The Hall–Kier alpha value is -2.04. The third-order valence-corrected chi connectivity index (χ3v) is 3.24. The molecule has 0 saturated carbocycles. The molecule has 5 nitrogen and oxygen atoms in total. The molecular weight excluding hydrogens is 270 g/mol. The van der Waals surface area contributed by atoms with E-state index in [-0.39, 0.29) is 18.9 Å². The average Bonchev–Trinajstić information content (AvgIpc) is 2.46. The zero-order valence-corrected chi connectivity index (χ0v) is 12.8. The van der Waals surface area contributed by atoms with Crippen LogP contribution in [0.15, 0.2) is 24.3 Å². The number of carboxylic acids is 1. The summed E-state index contributed by atoms with van der Waals surface area (Å²) in [5.41, 5.74) is 0.893. The van der Waals surface area contributed by atoms with Crippen molar-refractivity contribution in [2.24, 2.45) is 5.92 Å². The van der Waals surface area contributed by atoms with E-state index < -0.39 is 11.9 Å². The molecule has 21 heavy (non-hydrogen) atoms. The van der Waals surface area contributed by atoms with E-state index in [9.17, 15) is 9.59 Å². The summed E-state index contributed by atoms with van der Waals surface area (Å²) < 4.78 is 5.35. The van der Waals surface area contributed by atoms with Crippen LogP contribution in [0.5, 0.6) is 5.75 Å². The fourth-order valence-corrected chi connectivity index (χ4v) is 1.97. The van der Waals surface area contributed by atoms with Crippen LogP contribution in [-0.2, 0) is 16.0 Å². The normalized spacial score (nSPS) is 11.8. The first kappa shape index (κ1) is 17.0. The largest absolute Gasteiger partial charge is 0.494 e. The van der Waals surface area contributed by atoms with Crippen LogP contribution in [0.4, 0.5) is 0 Å². The third kappa shape index (κ3) is 5.45. The Balaban J connectivity index is 2.62. The Morgan fingerprint density at radius 2 is 1.86 bits per heavy atom. The molecule has 1 rings (SSSR count). The van der Waals surface area contributed by atoms with Crippen LogP contribution in [0.25, 0.3) is 0 Å². The van der Waals surface area contributed by atoms with Crippen LogP contribution >= 0.6 is 0 Å². The topological polar surface area (TPSA) is 66.8 Å². The average molecular weight is 293 g/mol. The van der Waals surface area contributed by atoms with Gasteiger partial charge >= 0.3 is 5.97 Å². The second-order valence-electron chi connectivity index (χ2n) is 4.93. The molecule has 1 amide bonds. The van der Waals surface area contributed by atoms with Crippen molar-refractivity contribution in [3.8, 4) is 5.75 Å². The van der Waals surface area contributed by atoms with Crippen molar-refractivity contribution in [1.29, 1.82) is 0 Å². The first-order chi connectivity index (χ1) is 9.97. The molecule has 0 radical (unpaired) electrons. The number of hydrogen-bond donors (Lipinski definition) is 1. The van der Waals surface area contributed by atoms with E-state index in [2.05, 4.69) is 0 Å². The molecule has 5 heteroatoms. The number of nitrogens with zero attached hydrogens (tertiary/aromatic N) is 1. The van der Waals surface area contributed by atoms with Gasteiger partial charge in [-0.15, -0.1) is 0 Å². The Morgan fingerprint density at radius 1 is 1.24 bits per heavy atom. The Labute approximate surface area is 125 Å². The number of likely N-dealkylation sites (N-methyl/N-ethyl adjacent to an activating group) is 1. The lowest BCUT2D eigenvalue weighted by Crippen LogP contribution is -2.37. The molecule has 0 spiro atoms. The van der Waals surface area contributed by atoms with Gasteiger partial charge in [-0.05, 0) is 31.5 Å². The van der Waals surface area contributed by atoms with Gasteiger partial charge in [0.1, 0.15) is 5.75 Å². The van der Waals surface area contributed by atoms with Gasteiger partial charge in [-0.1, -0.05) is 19.1 Å². The highest BCUT2D eigenvalue weighted by Crippen LogP contribution is 2.13. The lowest BCUT2D eigenvalue weighted by molar-refractivity contribution is -0.142. The van der Waals surface area contributed by atoms with Gasteiger partial charge in [-0.25, -0.2) is 0 Å². The van der Waals surface area contributed by atoms with Gasteiger partial charge < -0.3 is 14.7 Å². The molecule has 0 aliphatic carbocycles. The fraction of sp³-hybridized carbons (Fsp3) is 0.500. The molecule has 0 fully saturated rings. The summed E-state index contributed by atoms with van der Waals surface area (Å²) >= 11 is 0. The predicted molar refractivity (Wildman–Crippen MR) is 80.4 cm³/mol. The quantitative estimate of drug-likeness (QED) is 0.798. The summed E-state index contributed by atoms with van der Waals surface area (Å²) in [6, 6.07) is 7.39. The highest BCUT2D eigenvalue weighted by Gasteiger charge is 2.19. The number of carboxylic acid groups (broad SMARTS) is 1. The molecule has 0 heterocycles. The number of rotatable bonds is 8. The zero-order chi connectivity index (χ0) is 15.8. The number of carbonyl (C=O) groups excluding carboxylic acids is 1. The molecule has 0 saturated heterocycles. The van der Waals surface area contributed by atoms with Gasteiger partial charge in [0.2, 0.25) is 5.91 Å². The molecule has 116 valence electrons. The van der Waals surface area contributed by atoms with Crippen LogP contribution in [0.1, 0.15) is 26.3 Å². The Morgan fingerprint density at radius 3 is 2.33 bits per heavy atom. The molecule has 1 atom stereocenters. The standard InChI is InChI=1S/C16H23NO4/c1-4-17(11-12(3)16(19)20)15(18)10-13-6-8-14(9-7-13)21-5-2/h6-9,12H,4-5,10-11H2,1-3H3,(H,19,20). The number of ether oxygens (including phenoxy) is 1. The second kappa shape index (κ2) is 8.29. The highest BCUT2D eigenvalue weighted by molar-refractivity contribution is 5.79. The summed E-state index contributed by atoms with van der Waals surface area (Å²) in [7, 11) is 0. The van der Waals surface area contributed by atoms with Crippen molar-refractivity contribution in [3.05, 3.63) is 29.8 Å². The molecule has 1 aromatic rings. The van der Waals surface area contributed by atoms with E-state index >= 15 is 0 Å². The van der Waals surface area contributed by atoms with Gasteiger partial charge in [0.05, 0.1) is 18.9 Å². The summed E-state index contributed by atoms with van der Waals surface area (Å²) in [4.78, 5) is 24.7. The van der Waals surface area contributed by atoms with E-state index in [0.29, 0.717) is 13.2 Å². The molecular formula is C16H23NO4. The minimum absolute atomic E-state index is 0.0604. The summed E-state index contributed by atoms with van der Waals surface area (Å²) in [5.74, 6) is -0.730. The van der Waals surface area contributed by atoms with E-state index in [1.807, 2.05) is 38.1 Å². The van der Waals surface area contributed by atoms with Crippen LogP contribution in [0, 0.1) is 5.92 Å². The van der Waals surface area contributed by atoms with Gasteiger partial charge in [-0.3, -0.25) is 9.59 Å². The van der Waals surface area contributed by atoms with Gasteiger partial charge in [-0.2, -0.15) is 0 Å². The van der Waals surface area contributed by atoms with Crippen molar-refractivity contribution in [2.75, 3.05) is 19.7 Å². The number of benzene rings is 1. The smallest absolute Gasteiger partial charge is 0.308 e.